The van der Waals surface area contributed by atoms with Gasteiger partial charge in [0.25, 0.3) is 0 Å². The van der Waals surface area contributed by atoms with Gasteiger partial charge in [-0.05, 0) is 13.3 Å². The standard InChI is InChI=1S/C14H21ClN6/c1-10-11(15)18-13(14(2,3)4)19-12(10)16-6-5-8-21-9-7-17-20-21/h7,9H,5-6,8H2,1-4H3,(H,16,18,19). The molecule has 6 nitrogen and oxygen atoms in total. The Kier molecular flexibility index (Phi) is 4.77. The van der Waals surface area contributed by atoms with E-state index in [0.717, 1.165) is 36.7 Å². The van der Waals surface area contributed by atoms with Crippen molar-refractivity contribution in [3.8, 4) is 0 Å². The van der Waals surface area contributed by atoms with Gasteiger partial charge in [0.05, 0.1) is 6.20 Å². The van der Waals surface area contributed by atoms with Crippen molar-refractivity contribution in [3.63, 3.8) is 0 Å². The number of hydrogen-bond acceptors (Lipinski definition) is 5. The van der Waals surface area contributed by atoms with Crippen LogP contribution in [0.2, 0.25) is 5.15 Å². The smallest absolute Gasteiger partial charge is 0.137 e. The zero-order valence-electron chi connectivity index (χ0n) is 12.9. The van der Waals surface area contributed by atoms with Crippen LogP contribution in [0.3, 0.4) is 0 Å². The van der Waals surface area contributed by atoms with E-state index >= 15 is 0 Å². The summed E-state index contributed by atoms with van der Waals surface area (Å²) in [6, 6.07) is 0. The summed E-state index contributed by atoms with van der Waals surface area (Å²) in [7, 11) is 0. The normalized spacial score (nSPS) is 11.7. The Morgan fingerprint density at radius 2 is 2.05 bits per heavy atom. The van der Waals surface area contributed by atoms with Gasteiger partial charge in [-0.15, -0.1) is 5.10 Å². The fourth-order valence-corrected chi connectivity index (χ4v) is 1.97. The molecule has 0 unspecified atom stereocenters. The van der Waals surface area contributed by atoms with Gasteiger partial charge in [0.15, 0.2) is 0 Å². The Hall–Kier alpha value is -1.69. The molecule has 0 atom stereocenters. The lowest BCUT2D eigenvalue weighted by atomic mass is 9.95. The molecule has 0 radical (unpaired) electrons. The van der Waals surface area contributed by atoms with E-state index < -0.39 is 0 Å². The van der Waals surface area contributed by atoms with Crippen molar-refractivity contribution >= 4 is 17.4 Å². The molecule has 2 heterocycles. The predicted molar refractivity (Wildman–Crippen MR) is 83.6 cm³/mol. The van der Waals surface area contributed by atoms with Crippen molar-refractivity contribution in [1.29, 1.82) is 0 Å². The highest BCUT2D eigenvalue weighted by Gasteiger charge is 2.20. The largest absolute Gasteiger partial charge is 0.370 e. The third-order valence-corrected chi connectivity index (χ3v) is 3.45. The second-order valence-electron chi connectivity index (χ2n) is 6.01. The SMILES string of the molecule is Cc1c(Cl)nc(C(C)(C)C)nc1NCCCn1ccnn1. The average molecular weight is 309 g/mol. The van der Waals surface area contributed by atoms with E-state index in [-0.39, 0.29) is 5.41 Å². The van der Waals surface area contributed by atoms with Crippen LogP contribution >= 0.6 is 11.6 Å². The van der Waals surface area contributed by atoms with Gasteiger partial charge in [0.2, 0.25) is 0 Å². The van der Waals surface area contributed by atoms with E-state index in [0.29, 0.717) is 5.15 Å². The van der Waals surface area contributed by atoms with Gasteiger partial charge in [-0.2, -0.15) is 0 Å². The maximum atomic E-state index is 6.21. The first-order valence-corrected chi connectivity index (χ1v) is 7.38. The van der Waals surface area contributed by atoms with Crippen LogP contribution in [-0.2, 0) is 12.0 Å². The molecule has 2 rings (SSSR count). The Balaban J connectivity index is 2.00. The van der Waals surface area contributed by atoms with E-state index in [1.54, 1.807) is 6.20 Å². The topological polar surface area (TPSA) is 68.5 Å². The molecule has 2 aromatic rings. The summed E-state index contributed by atoms with van der Waals surface area (Å²) in [6.45, 7) is 9.75. The Labute approximate surface area is 129 Å². The van der Waals surface area contributed by atoms with Crippen molar-refractivity contribution in [2.75, 3.05) is 11.9 Å². The summed E-state index contributed by atoms with van der Waals surface area (Å²) in [5.74, 6) is 1.55. The molecule has 0 saturated heterocycles. The first-order chi connectivity index (χ1) is 9.88. The lowest BCUT2D eigenvalue weighted by Gasteiger charge is -2.19. The lowest BCUT2D eigenvalue weighted by molar-refractivity contribution is 0.544. The van der Waals surface area contributed by atoms with Crippen LogP contribution in [0.5, 0.6) is 0 Å². The van der Waals surface area contributed by atoms with E-state index in [4.69, 9.17) is 11.6 Å². The number of nitrogens with zero attached hydrogens (tertiary/aromatic N) is 5. The fourth-order valence-electron chi connectivity index (χ4n) is 1.80. The van der Waals surface area contributed by atoms with Crippen LogP contribution in [0.25, 0.3) is 0 Å². The van der Waals surface area contributed by atoms with Gasteiger partial charge in [-0.3, -0.25) is 4.68 Å². The number of anilines is 1. The minimum Gasteiger partial charge on any atom is -0.370 e. The molecule has 7 heteroatoms. The first-order valence-electron chi connectivity index (χ1n) is 7.00. The third kappa shape index (κ3) is 4.14. The molecule has 21 heavy (non-hydrogen) atoms. The zero-order chi connectivity index (χ0) is 15.5. The lowest BCUT2D eigenvalue weighted by Crippen LogP contribution is -2.19. The van der Waals surface area contributed by atoms with Crippen molar-refractivity contribution in [2.45, 2.75) is 46.1 Å². The number of aromatic nitrogens is 5. The average Bonchev–Trinajstić information content (AvgIpc) is 2.91. The highest BCUT2D eigenvalue weighted by molar-refractivity contribution is 6.30. The quantitative estimate of drug-likeness (QED) is 0.679. The molecular formula is C14H21ClN6. The maximum absolute atomic E-state index is 6.21. The van der Waals surface area contributed by atoms with Gasteiger partial charge in [-0.1, -0.05) is 37.6 Å². The maximum Gasteiger partial charge on any atom is 0.137 e. The molecule has 0 bridgehead atoms. The molecule has 0 aliphatic carbocycles. The molecule has 0 amide bonds. The molecule has 114 valence electrons. The van der Waals surface area contributed by atoms with Crippen molar-refractivity contribution in [1.82, 2.24) is 25.0 Å². The number of halogens is 1. The predicted octanol–water partition coefficient (Wildman–Crippen LogP) is 2.83. The van der Waals surface area contributed by atoms with E-state index in [1.807, 2.05) is 17.8 Å². The molecule has 0 aromatic carbocycles. The van der Waals surface area contributed by atoms with Gasteiger partial charge in [0, 0.05) is 30.3 Å². The van der Waals surface area contributed by atoms with Crippen LogP contribution in [-0.4, -0.2) is 31.5 Å². The second kappa shape index (κ2) is 6.39. The zero-order valence-corrected chi connectivity index (χ0v) is 13.6. The number of rotatable bonds is 5. The monoisotopic (exact) mass is 308 g/mol. The van der Waals surface area contributed by atoms with Crippen molar-refractivity contribution in [3.05, 3.63) is 28.9 Å². The van der Waals surface area contributed by atoms with Crippen LogP contribution < -0.4 is 5.32 Å². The van der Waals surface area contributed by atoms with E-state index in [9.17, 15) is 0 Å². The first kappa shape index (κ1) is 15.7. The van der Waals surface area contributed by atoms with Crippen LogP contribution in [0.4, 0.5) is 5.82 Å². The third-order valence-electron chi connectivity index (χ3n) is 3.09. The molecule has 1 N–H and O–H groups in total. The Morgan fingerprint density at radius 1 is 1.29 bits per heavy atom. The highest BCUT2D eigenvalue weighted by atomic mass is 35.5. The van der Waals surface area contributed by atoms with Gasteiger partial charge in [0.1, 0.15) is 16.8 Å². The number of hydrogen-bond donors (Lipinski definition) is 1. The molecule has 2 aromatic heterocycles. The van der Waals surface area contributed by atoms with Gasteiger partial charge < -0.3 is 5.32 Å². The summed E-state index contributed by atoms with van der Waals surface area (Å²) in [4.78, 5) is 8.96. The summed E-state index contributed by atoms with van der Waals surface area (Å²) in [5.41, 5.74) is 0.750. The van der Waals surface area contributed by atoms with Gasteiger partial charge >= 0.3 is 0 Å². The van der Waals surface area contributed by atoms with Crippen molar-refractivity contribution in [2.24, 2.45) is 0 Å². The highest BCUT2D eigenvalue weighted by Crippen LogP contribution is 2.25. The van der Waals surface area contributed by atoms with E-state index in [1.165, 1.54) is 0 Å². The molecule has 0 aliphatic rings. The summed E-state index contributed by atoms with van der Waals surface area (Å²) in [5, 5.41) is 11.5. The van der Waals surface area contributed by atoms with E-state index in [2.05, 4.69) is 46.4 Å². The molecule has 0 aliphatic heterocycles. The summed E-state index contributed by atoms with van der Waals surface area (Å²) < 4.78 is 1.81. The Bertz CT molecular complexity index is 588. The second-order valence-corrected chi connectivity index (χ2v) is 6.37. The minimum absolute atomic E-state index is 0.130. The molecular weight excluding hydrogens is 288 g/mol. The summed E-state index contributed by atoms with van der Waals surface area (Å²) in [6.07, 6.45) is 4.46. The summed E-state index contributed by atoms with van der Waals surface area (Å²) >= 11 is 6.21. The van der Waals surface area contributed by atoms with Crippen LogP contribution in [0, 0.1) is 6.92 Å². The molecule has 0 spiro atoms. The molecule has 0 saturated carbocycles. The van der Waals surface area contributed by atoms with Gasteiger partial charge in [-0.25, -0.2) is 9.97 Å². The Morgan fingerprint density at radius 3 is 2.67 bits per heavy atom. The minimum atomic E-state index is -0.130. The number of nitrogens with one attached hydrogen (secondary N) is 1. The fraction of sp³-hybridized carbons (Fsp3) is 0.571. The van der Waals surface area contributed by atoms with Crippen molar-refractivity contribution < 1.29 is 0 Å². The van der Waals surface area contributed by atoms with Crippen LogP contribution in [0.1, 0.15) is 38.6 Å². The number of aryl methyl sites for hydroxylation is 1. The van der Waals surface area contributed by atoms with Crippen LogP contribution in [0.15, 0.2) is 12.4 Å². The molecule has 0 fully saturated rings.